The predicted molar refractivity (Wildman–Crippen MR) is 69.9 cm³/mol. The monoisotopic (exact) mass is 333 g/mol. The average Bonchev–Trinajstić information content (AvgIpc) is 2.84. The maximum Gasteiger partial charge on any atom is 0.416 e. The van der Waals surface area contributed by atoms with Gasteiger partial charge in [0.15, 0.2) is 0 Å². The standard InChI is InChI=1S/C13H11BrF3NO/c1-8(9-4-5-19-7-9)18-12-6-10(13(15,16)17)2-3-11(12)14/h2-8,18H,1H3. The van der Waals surface area contributed by atoms with Crippen LogP contribution < -0.4 is 5.32 Å². The zero-order chi connectivity index (χ0) is 14.0. The van der Waals surface area contributed by atoms with E-state index in [1.54, 1.807) is 12.3 Å². The molecule has 0 fully saturated rings. The molecule has 0 radical (unpaired) electrons. The summed E-state index contributed by atoms with van der Waals surface area (Å²) in [6.07, 6.45) is -1.27. The second-order valence-electron chi connectivity index (χ2n) is 4.12. The Morgan fingerprint density at radius 2 is 2.00 bits per heavy atom. The predicted octanol–water partition coefficient (Wildman–Crippen LogP) is 5.23. The highest BCUT2D eigenvalue weighted by molar-refractivity contribution is 9.10. The molecule has 0 aliphatic rings. The van der Waals surface area contributed by atoms with Gasteiger partial charge in [0.2, 0.25) is 0 Å². The van der Waals surface area contributed by atoms with Gasteiger partial charge in [-0.25, -0.2) is 0 Å². The fourth-order valence-electron chi connectivity index (χ4n) is 1.65. The van der Waals surface area contributed by atoms with Gasteiger partial charge in [-0.05, 0) is 47.1 Å². The van der Waals surface area contributed by atoms with Crippen molar-refractivity contribution in [1.29, 1.82) is 0 Å². The molecule has 102 valence electrons. The SMILES string of the molecule is CC(Nc1cc(C(F)(F)F)ccc1Br)c1ccoc1. The Labute approximate surface area is 116 Å². The molecule has 0 bridgehead atoms. The van der Waals surface area contributed by atoms with Crippen LogP contribution in [0.15, 0.2) is 45.7 Å². The highest BCUT2D eigenvalue weighted by Crippen LogP contribution is 2.35. The fourth-order valence-corrected chi connectivity index (χ4v) is 2.01. The molecule has 2 aromatic rings. The number of anilines is 1. The van der Waals surface area contributed by atoms with Crippen molar-refractivity contribution >= 4 is 21.6 Å². The summed E-state index contributed by atoms with van der Waals surface area (Å²) in [4.78, 5) is 0. The van der Waals surface area contributed by atoms with Crippen molar-refractivity contribution in [3.63, 3.8) is 0 Å². The maximum absolute atomic E-state index is 12.7. The Balaban J connectivity index is 2.25. The third-order valence-corrected chi connectivity index (χ3v) is 3.40. The Bertz CT molecular complexity index is 552. The Kier molecular flexibility index (Phi) is 3.89. The van der Waals surface area contributed by atoms with E-state index in [2.05, 4.69) is 21.2 Å². The van der Waals surface area contributed by atoms with Crippen LogP contribution in [-0.2, 0) is 6.18 Å². The van der Waals surface area contributed by atoms with Crippen LogP contribution in [0.1, 0.15) is 24.1 Å². The van der Waals surface area contributed by atoms with Crippen LogP contribution in [0.4, 0.5) is 18.9 Å². The first-order valence-corrected chi connectivity index (χ1v) is 6.32. The Hall–Kier alpha value is -1.43. The minimum atomic E-state index is -4.35. The molecule has 1 unspecified atom stereocenters. The summed E-state index contributed by atoms with van der Waals surface area (Å²) >= 11 is 3.24. The molecular formula is C13H11BrF3NO. The van der Waals surface area contributed by atoms with E-state index in [1.165, 1.54) is 12.3 Å². The maximum atomic E-state index is 12.7. The van der Waals surface area contributed by atoms with E-state index in [0.29, 0.717) is 10.2 Å². The second kappa shape index (κ2) is 5.28. The molecule has 1 heterocycles. The largest absolute Gasteiger partial charge is 0.472 e. The van der Waals surface area contributed by atoms with Crippen LogP contribution in [-0.4, -0.2) is 0 Å². The molecule has 0 saturated carbocycles. The smallest absolute Gasteiger partial charge is 0.416 e. The Morgan fingerprint density at radius 1 is 1.26 bits per heavy atom. The molecule has 19 heavy (non-hydrogen) atoms. The Morgan fingerprint density at radius 3 is 2.58 bits per heavy atom. The molecule has 6 heteroatoms. The third-order valence-electron chi connectivity index (χ3n) is 2.71. The van der Waals surface area contributed by atoms with Gasteiger partial charge in [-0.15, -0.1) is 0 Å². The normalized spacial score (nSPS) is 13.3. The van der Waals surface area contributed by atoms with Crippen LogP contribution in [0.3, 0.4) is 0 Å². The van der Waals surface area contributed by atoms with Crippen molar-refractivity contribution in [1.82, 2.24) is 0 Å². The number of rotatable bonds is 3. The molecule has 0 aliphatic carbocycles. The van der Waals surface area contributed by atoms with Gasteiger partial charge in [0.05, 0.1) is 24.1 Å². The molecule has 1 aromatic heterocycles. The summed E-state index contributed by atoms with van der Waals surface area (Å²) in [5, 5.41) is 3.02. The van der Waals surface area contributed by atoms with Gasteiger partial charge in [0.1, 0.15) is 0 Å². The van der Waals surface area contributed by atoms with E-state index < -0.39 is 11.7 Å². The first-order chi connectivity index (χ1) is 8.88. The van der Waals surface area contributed by atoms with E-state index in [0.717, 1.165) is 17.7 Å². The van der Waals surface area contributed by atoms with Crippen molar-refractivity contribution in [2.24, 2.45) is 0 Å². The number of hydrogen-bond acceptors (Lipinski definition) is 2. The number of halogens is 4. The molecule has 2 rings (SSSR count). The van der Waals surface area contributed by atoms with Gasteiger partial charge in [0, 0.05) is 15.7 Å². The van der Waals surface area contributed by atoms with E-state index >= 15 is 0 Å². The third kappa shape index (κ3) is 3.32. The minimum Gasteiger partial charge on any atom is -0.472 e. The van der Waals surface area contributed by atoms with Gasteiger partial charge in [0.25, 0.3) is 0 Å². The molecule has 0 spiro atoms. The van der Waals surface area contributed by atoms with Gasteiger partial charge in [-0.2, -0.15) is 13.2 Å². The van der Waals surface area contributed by atoms with E-state index in [4.69, 9.17) is 4.42 Å². The van der Waals surface area contributed by atoms with Crippen molar-refractivity contribution in [2.45, 2.75) is 19.1 Å². The minimum absolute atomic E-state index is 0.154. The second-order valence-corrected chi connectivity index (χ2v) is 4.97. The van der Waals surface area contributed by atoms with Gasteiger partial charge in [-0.1, -0.05) is 0 Å². The van der Waals surface area contributed by atoms with Gasteiger partial charge >= 0.3 is 6.18 Å². The molecule has 1 N–H and O–H groups in total. The highest BCUT2D eigenvalue weighted by Gasteiger charge is 2.31. The topological polar surface area (TPSA) is 25.2 Å². The van der Waals surface area contributed by atoms with Gasteiger partial charge in [-0.3, -0.25) is 0 Å². The summed E-state index contributed by atoms with van der Waals surface area (Å²) in [6, 6.07) is 5.11. The van der Waals surface area contributed by atoms with E-state index in [1.807, 2.05) is 6.92 Å². The summed E-state index contributed by atoms with van der Waals surface area (Å²) < 4.78 is 43.5. The van der Waals surface area contributed by atoms with Crippen LogP contribution in [0.25, 0.3) is 0 Å². The number of alkyl halides is 3. The number of benzene rings is 1. The van der Waals surface area contributed by atoms with Crippen LogP contribution in [0.2, 0.25) is 0 Å². The number of nitrogens with one attached hydrogen (secondary N) is 1. The fraction of sp³-hybridized carbons (Fsp3) is 0.231. The number of hydrogen-bond donors (Lipinski definition) is 1. The zero-order valence-electron chi connectivity index (χ0n) is 9.96. The molecule has 0 amide bonds. The highest BCUT2D eigenvalue weighted by atomic mass is 79.9. The van der Waals surface area contributed by atoms with Crippen LogP contribution >= 0.6 is 15.9 Å². The van der Waals surface area contributed by atoms with Crippen molar-refractivity contribution < 1.29 is 17.6 Å². The van der Waals surface area contributed by atoms with Crippen LogP contribution in [0.5, 0.6) is 0 Å². The quantitative estimate of drug-likeness (QED) is 0.831. The summed E-state index contributed by atoms with van der Waals surface area (Å²) in [5.41, 5.74) is 0.574. The molecule has 1 atom stereocenters. The van der Waals surface area contributed by atoms with Gasteiger partial charge < -0.3 is 9.73 Å². The molecular weight excluding hydrogens is 323 g/mol. The molecule has 2 nitrogen and oxygen atoms in total. The lowest BCUT2D eigenvalue weighted by Crippen LogP contribution is -2.09. The lowest BCUT2D eigenvalue weighted by Gasteiger charge is -2.17. The average molecular weight is 334 g/mol. The van der Waals surface area contributed by atoms with E-state index in [9.17, 15) is 13.2 Å². The van der Waals surface area contributed by atoms with Crippen molar-refractivity contribution in [2.75, 3.05) is 5.32 Å². The molecule has 0 aliphatic heterocycles. The van der Waals surface area contributed by atoms with Crippen molar-refractivity contribution in [3.05, 3.63) is 52.4 Å². The lowest BCUT2D eigenvalue weighted by atomic mass is 10.1. The van der Waals surface area contributed by atoms with Crippen molar-refractivity contribution in [3.8, 4) is 0 Å². The van der Waals surface area contributed by atoms with Crippen LogP contribution in [0, 0.1) is 0 Å². The first kappa shape index (κ1) is 14.0. The zero-order valence-corrected chi connectivity index (χ0v) is 11.5. The summed E-state index contributed by atoms with van der Waals surface area (Å²) in [6.45, 7) is 1.84. The first-order valence-electron chi connectivity index (χ1n) is 5.53. The van der Waals surface area contributed by atoms with E-state index in [-0.39, 0.29) is 6.04 Å². The lowest BCUT2D eigenvalue weighted by molar-refractivity contribution is -0.137. The molecule has 1 aromatic carbocycles. The summed E-state index contributed by atoms with van der Waals surface area (Å²) in [5.74, 6) is 0. The molecule has 0 saturated heterocycles. The number of furan rings is 1. The summed E-state index contributed by atoms with van der Waals surface area (Å²) in [7, 11) is 0.